The monoisotopic (exact) mass is 447 g/mol. The zero-order valence-corrected chi connectivity index (χ0v) is 17.6. The Morgan fingerprint density at radius 1 is 1.23 bits per heavy atom. The summed E-state index contributed by atoms with van der Waals surface area (Å²) in [6, 6.07) is 10.7. The second kappa shape index (κ2) is 10.3. The molecule has 1 aliphatic rings. The minimum Gasteiger partial charge on any atom is -0.449 e. The van der Waals surface area contributed by atoms with Crippen LogP contribution >= 0.6 is 11.6 Å². The van der Waals surface area contributed by atoms with Gasteiger partial charge in [0.05, 0.1) is 34.4 Å². The van der Waals surface area contributed by atoms with Crippen molar-refractivity contribution in [3.05, 3.63) is 68.7 Å². The van der Waals surface area contributed by atoms with E-state index in [2.05, 4.69) is 10.2 Å². The van der Waals surface area contributed by atoms with E-state index in [-0.39, 0.29) is 16.4 Å². The van der Waals surface area contributed by atoms with Crippen LogP contribution < -0.4 is 5.32 Å². The molecule has 0 saturated carbocycles. The topological polar surface area (TPSA) is 111 Å². The Balaban J connectivity index is 1.54. The summed E-state index contributed by atoms with van der Waals surface area (Å²) in [6.07, 6.45) is -1.09. The van der Waals surface area contributed by atoms with Gasteiger partial charge in [-0.1, -0.05) is 23.7 Å². The van der Waals surface area contributed by atoms with E-state index < -0.39 is 22.9 Å². The van der Waals surface area contributed by atoms with Gasteiger partial charge in [0.25, 0.3) is 11.6 Å². The van der Waals surface area contributed by atoms with Gasteiger partial charge in [-0.15, -0.1) is 0 Å². The third-order valence-corrected chi connectivity index (χ3v) is 5.09. The number of hydrogen-bond donors (Lipinski definition) is 1. The molecule has 1 amide bonds. The summed E-state index contributed by atoms with van der Waals surface area (Å²) >= 11 is 5.97. The average Bonchev–Trinajstić information content (AvgIpc) is 2.76. The van der Waals surface area contributed by atoms with Gasteiger partial charge in [-0.3, -0.25) is 19.8 Å². The van der Waals surface area contributed by atoms with E-state index in [0.29, 0.717) is 5.56 Å². The Morgan fingerprint density at radius 3 is 2.52 bits per heavy atom. The third kappa shape index (κ3) is 6.24. The number of halogens is 1. The van der Waals surface area contributed by atoms with Crippen molar-refractivity contribution in [2.24, 2.45) is 0 Å². The molecule has 1 aliphatic heterocycles. The summed E-state index contributed by atoms with van der Waals surface area (Å²) in [6.45, 7) is 5.38. The van der Waals surface area contributed by atoms with Crippen LogP contribution in [0.2, 0.25) is 5.02 Å². The molecule has 0 bridgehead atoms. The number of hydrogen-bond acceptors (Lipinski definition) is 7. The van der Waals surface area contributed by atoms with Gasteiger partial charge in [0.15, 0.2) is 6.10 Å². The highest BCUT2D eigenvalue weighted by Crippen LogP contribution is 2.26. The van der Waals surface area contributed by atoms with Crippen molar-refractivity contribution in [1.29, 1.82) is 0 Å². The average molecular weight is 448 g/mol. The van der Waals surface area contributed by atoms with Gasteiger partial charge in [0, 0.05) is 31.8 Å². The summed E-state index contributed by atoms with van der Waals surface area (Å²) in [5.74, 6) is -1.23. The molecule has 0 spiro atoms. The molecule has 1 saturated heterocycles. The number of nitrogens with zero attached hydrogens (tertiary/aromatic N) is 2. The van der Waals surface area contributed by atoms with E-state index in [4.69, 9.17) is 21.1 Å². The van der Waals surface area contributed by atoms with Crippen LogP contribution in [-0.2, 0) is 20.8 Å². The van der Waals surface area contributed by atoms with E-state index in [1.165, 1.54) is 19.1 Å². The fourth-order valence-electron chi connectivity index (χ4n) is 3.00. The molecule has 31 heavy (non-hydrogen) atoms. The number of morpholine rings is 1. The van der Waals surface area contributed by atoms with Crippen LogP contribution in [0.4, 0.5) is 11.4 Å². The third-order valence-electron chi connectivity index (χ3n) is 4.77. The number of nitro benzene ring substituents is 1. The number of non-ortho nitro benzene ring substituents is 1. The molecule has 1 atom stereocenters. The molecule has 10 heteroatoms. The van der Waals surface area contributed by atoms with Crippen LogP contribution in [0.3, 0.4) is 0 Å². The standard InChI is InChI=1S/C21H22ClN3O6/c1-14(20(26)23-19-7-6-17(25(28)29)12-18(19)22)31-21(27)16-4-2-15(3-5-16)13-24-8-10-30-11-9-24/h2-7,12,14H,8-11,13H2,1H3,(H,23,26)/t14-/m1/s1. The van der Waals surface area contributed by atoms with Gasteiger partial charge in [0.1, 0.15) is 0 Å². The van der Waals surface area contributed by atoms with Crippen molar-refractivity contribution in [1.82, 2.24) is 4.90 Å². The van der Waals surface area contributed by atoms with Crippen LogP contribution in [0.1, 0.15) is 22.8 Å². The number of carbonyl (C=O) groups is 2. The molecule has 1 N–H and O–H groups in total. The molecule has 1 heterocycles. The molecule has 0 unspecified atom stereocenters. The predicted molar refractivity (Wildman–Crippen MR) is 114 cm³/mol. The zero-order valence-electron chi connectivity index (χ0n) is 16.9. The lowest BCUT2D eigenvalue weighted by atomic mass is 10.1. The van der Waals surface area contributed by atoms with E-state index in [9.17, 15) is 19.7 Å². The highest BCUT2D eigenvalue weighted by Gasteiger charge is 2.21. The maximum Gasteiger partial charge on any atom is 0.338 e. The van der Waals surface area contributed by atoms with Crippen LogP contribution in [0.25, 0.3) is 0 Å². The number of anilines is 1. The maximum absolute atomic E-state index is 12.4. The molecular formula is C21H22ClN3O6. The van der Waals surface area contributed by atoms with E-state index >= 15 is 0 Å². The lowest BCUT2D eigenvalue weighted by Gasteiger charge is -2.26. The minimum atomic E-state index is -1.09. The first-order valence-corrected chi connectivity index (χ1v) is 10.1. The first-order valence-electron chi connectivity index (χ1n) is 9.68. The minimum absolute atomic E-state index is 0.0110. The number of benzene rings is 2. The Hall–Kier alpha value is -3.01. The number of carbonyl (C=O) groups excluding carboxylic acids is 2. The lowest BCUT2D eigenvalue weighted by molar-refractivity contribution is -0.384. The van der Waals surface area contributed by atoms with Gasteiger partial charge < -0.3 is 14.8 Å². The van der Waals surface area contributed by atoms with Crippen LogP contribution in [-0.4, -0.2) is 54.1 Å². The lowest BCUT2D eigenvalue weighted by Crippen LogP contribution is -2.35. The number of ether oxygens (including phenoxy) is 2. The van der Waals surface area contributed by atoms with E-state index in [1.807, 2.05) is 12.1 Å². The summed E-state index contributed by atoms with van der Waals surface area (Å²) in [5, 5.41) is 13.3. The molecular weight excluding hydrogens is 426 g/mol. The number of nitrogens with one attached hydrogen (secondary N) is 1. The molecule has 0 radical (unpaired) electrons. The maximum atomic E-state index is 12.4. The van der Waals surface area contributed by atoms with Crippen molar-refractivity contribution in [2.45, 2.75) is 19.6 Å². The van der Waals surface area contributed by atoms with Gasteiger partial charge >= 0.3 is 5.97 Å². The van der Waals surface area contributed by atoms with Crippen molar-refractivity contribution in [3.8, 4) is 0 Å². The smallest absolute Gasteiger partial charge is 0.338 e. The summed E-state index contributed by atoms with van der Waals surface area (Å²) in [5.41, 5.74) is 1.39. The van der Waals surface area contributed by atoms with Gasteiger partial charge in [-0.25, -0.2) is 4.79 Å². The van der Waals surface area contributed by atoms with Gasteiger partial charge in [0.2, 0.25) is 0 Å². The van der Waals surface area contributed by atoms with Crippen LogP contribution in [0.15, 0.2) is 42.5 Å². The van der Waals surface area contributed by atoms with Crippen molar-refractivity contribution in [3.63, 3.8) is 0 Å². The number of amides is 1. The molecule has 2 aromatic carbocycles. The summed E-state index contributed by atoms with van der Waals surface area (Å²) in [4.78, 5) is 37.1. The van der Waals surface area contributed by atoms with Gasteiger partial charge in [-0.2, -0.15) is 0 Å². The number of nitro groups is 1. The highest BCUT2D eigenvalue weighted by atomic mass is 35.5. The highest BCUT2D eigenvalue weighted by molar-refractivity contribution is 6.34. The quantitative estimate of drug-likeness (QED) is 0.394. The Labute approximate surface area is 184 Å². The van der Waals surface area contributed by atoms with E-state index in [1.54, 1.807) is 12.1 Å². The van der Waals surface area contributed by atoms with Crippen molar-refractivity contribution >= 4 is 34.9 Å². The number of rotatable bonds is 7. The Kier molecular flexibility index (Phi) is 7.56. The molecule has 0 aromatic heterocycles. The molecule has 2 aromatic rings. The Morgan fingerprint density at radius 2 is 1.90 bits per heavy atom. The molecule has 1 fully saturated rings. The molecule has 164 valence electrons. The van der Waals surface area contributed by atoms with Crippen molar-refractivity contribution < 1.29 is 24.0 Å². The summed E-state index contributed by atoms with van der Waals surface area (Å²) < 4.78 is 10.6. The fourth-order valence-corrected chi connectivity index (χ4v) is 3.22. The SMILES string of the molecule is C[C@@H](OC(=O)c1ccc(CN2CCOCC2)cc1)C(=O)Nc1ccc([N+](=O)[O-])cc1Cl. The first kappa shape index (κ1) is 22.7. The Bertz CT molecular complexity index is 960. The van der Waals surface area contributed by atoms with E-state index in [0.717, 1.165) is 44.5 Å². The fraction of sp³-hybridized carbons (Fsp3) is 0.333. The largest absolute Gasteiger partial charge is 0.449 e. The molecule has 9 nitrogen and oxygen atoms in total. The summed E-state index contributed by atoms with van der Waals surface area (Å²) in [7, 11) is 0. The normalized spacial score (nSPS) is 15.2. The molecule has 3 rings (SSSR count). The zero-order chi connectivity index (χ0) is 22.4. The second-order valence-corrected chi connectivity index (χ2v) is 7.45. The van der Waals surface area contributed by atoms with Crippen molar-refractivity contribution in [2.75, 3.05) is 31.6 Å². The molecule has 0 aliphatic carbocycles. The first-order chi connectivity index (χ1) is 14.8. The predicted octanol–water partition coefficient (Wildman–Crippen LogP) is 3.26. The van der Waals surface area contributed by atoms with Crippen LogP contribution in [0, 0.1) is 10.1 Å². The second-order valence-electron chi connectivity index (χ2n) is 7.04. The van der Waals surface area contributed by atoms with Crippen LogP contribution in [0.5, 0.6) is 0 Å². The number of esters is 1. The van der Waals surface area contributed by atoms with Gasteiger partial charge in [-0.05, 0) is 30.7 Å².